The molecule has 0 aliphatic heterocycles. The van der Waals surface area contributed by atoms with Gasteiger partial charge in [0.15, 0.2) is 0 Å². The van der Waals surface area contributed by atoms with Crippen LogP contribution in [0, 0.1) is 5.41 Å². The highest BCUT2D eigenvalue weighted by molar-refractivity contribution is 5.94. The van der Waals surface area contributed by atoms with Crippen LogP contribution in [0.3, 0.4) is 0 Å². The molecule has 1 saturated carbocycles. The predicted molar refractivity (Wildman–Crippen MR) is 82.5 cm³/mol. The second-order valence-electron chi connectivity index (χ2n) is 6.11. The summed E-state index contributed by atoms with van der Waals surface area (Å²) in [5, 5.41) is 12.6. The van der Waals surface area contributed by atoms with Crippen molar-refractivity contribution in [1.82, 2.24) is 5.32 Å². The number of rotatable bonds is 6. The van der Waals surface area contributed by atoms with Gasteiger partial charge in [0.25, 0.3) is 5.91 Å². The summed E-state index contributed by atoms with van der Waals surface area (Å²) in [7, 11) is 0. The van der Waals surface area contributed by atoms with Gasteiger partial charge in [-0.2, -0.15) is 0 Å². The summed E-state index contributed by atoms with van der Waals surface area (Å²) in [6.45, 7) is 4.84. The summed E-state index contributed by atoms with van der Waals surface area (Å²) in [4.78, 5) is 12.4. The van der Waals surface area contributed by atoms with Crippen molar-refractivity contribution in [3.8, 4) is 5.75 Å². The molecule has 0 bridgehead atoms. The van der Waals surface area contributed by atoms with Gasteiger partial charge in [-0.25, -0.2) is 0 Å². The lowest BCUT2D eigenvalue weighted by atomic mass is 9.85. The number of carbonyl (C=O) groups is 1. The Morgan fingerprint density at radius 1 is 1.52 bits per heavy atom. The number of carbonyl (C=O) groups excluding carboxylic acids is 1. The lowest BCUT2D eigenvalue weighted by Crippen LogP contribution is -2.44. The van der Waals surface area contributed by atoms with Gasteiger partial charge in [-0.3, -0.25) is 4.79 Å². The Labute approximate surface area is 126 Å². The van der Waals surface area contributed by atoms with E-state index < -0.39 is 0 Å². The molecule has 1 aromatic rings. The molecular weight excluding hydrogens is 266 g/mol. The van der Waals surface area contributed by atoms with E-state index in [0.29, 0.717) is 12.2 Å². The maximum Gasteiger partial charge on any atom is 0.251 e. The van der Waals surface area contributed by atoms with Crippen LogP contribution in [0.5, 0.6) is 5.75 Å². The highest BCUT2D eigenvalue weighted by atomic mass is 16.5. The third-order valence-electron chi connectivity index (χ3n) is 4.32. The van der Waals surface area contributed by atoms with Crippen molar-refractivity contribution in [2.24, 2.45) is 5.41 Å². The molecule has 0 radical (unpaired) electrons. The van der Waals surface area contributed by atoms with Gasteiger partial charge in [0.05, 0.1) is 13.2 Å². The molecule has 4 nitrogen and oxygen atoms in total. The summed E-state index contributed by atoms with van der Waals surface area (Å²) in [6.07, 6.45) is 3.86. The maximum atomic E-state index is 12.4. The summed E-state index contributed by atoms with van der Waals surface area (Å²) >= 11 is 0. The van der Waals surface area contributed by atoms with E-state index in [0.717, 1.165) is 31.4 Å². The average molecular weight is 291 g/mol. The Hall–Kier alpha value is -1.55. The molecule has 0 heterocycles. The Morgan fingerprint density at radius 2 is 2.33 bits per heavy atom. The zero-order chi connectivity index (χ0) is 15.3. The van der Waals surface area contributed by atoms with Gasteiger partial charge in [0.2, 0.25) is 0 Å². The highest BCUT2D eigenvalue weighted by Gasteiger charge is 2.39. The predicted octanol–water partition coefficient (Wildman–Crippen LogP) is 2.76. The number of nitrogens with one attached hydrogen (secondary N) is 1. The Balaban J connectivity index is 2.03. The van der Waals surface area contributed by atoms with Gasteiger partial charge in [0.1, 0.15) is 5.75 Å². The summed E-state index contributed by atoms with van der Waals surface area (Å²) in [5.74, 6) is 0.629. The Bertz CT molecular complexity index is 489. The molecule has 1 aromatic carbocycles. The minimum absolute atomic E-state index is 0.0372. The van der Waals surface area contributed by atoms with Crippen LogP contribution in [0.1, 0.15) is 49.9 Å². The maximum absolute atomic E-state index is 12.4. The number of aliphatic hydroxyl groups is 1. The molecule has 2 N–H and O–H groups in total. The first-order valence-electron chi connectivity index (χ1n) is 7.73. The third-order valence-corrected chi connectivity index (χ3v) is 4.32. The number of amides is 1. The Morgan fingerprint density at radius 3 is 3.05 bits per heavy atom. The molecule has 0 saturated heterocycles. The van der Waals surface area contributed by atoms with Crippen LogP contribution >= 0.6 is 0 Å². The lowest BCUT2D eigenvalue weighted by molar-refractivity contribution is 0.0830. The number of hydrogen-bond donors (Lipinski definition) is 2. The number of hydrogen-bond acceptors (Lipinski definition) is 3. The van der Waals surface area contributed by atoms with Gasteiger partial charge >= 0.3 is 0 Å². The molecule has 1 aliphatic carbocycles. The van der Waals surface area contributed by atoms with Crippen molar-refractivity contribution in [2.75, 3.05) is 13.2 Å². The largest absolute Gasteiger partial charge is 0.494 e. The van der Waals surface area contributed by atoms with E-state index in [1.165, 1.54) is 0 Å². The smallest absolute Gasteiger partial charge is 0.251 e. The fourth-order valence-corrected chi connectivity index (χ4v) is 2.86. The summed E-state index contributed by atoms with van der Waals surface area (Å²) in [6, 6.07) is 7.30. The van der Waals surface area contributed by atoms with Gasteiger partial charge in [-0.1, -0.05) is 26.3 Å². The fraction of sp³-hybridized carbons (Fsp3) is 0.588. The highest BCUT2D eigenvalue weighted by Crippen LogP contribution is 2.37. The third kappa shape index (κ3) is 3.76. The van der Waals surface area contributed by atoms with E-state index in [1.54, 1.807) is 12.1 Å². The summed E-state index contributed by atoms with van der Waals surface area (Å²) in [5.41, 5.74) is 0.405. The molecule has 1 amide bonds. The zero-order valence-corrected chi connectivity index (χ0v) is 12.9. The molecular formula is C17H25NO3. The molecule has 0 spiro atoms. The van der Waals surface area contributed by atoms with Crippen LogP contribution in [-0.2, 0) is 0 Å². The zero-order valence-electron chi connectivity index (χ0n) is 12.9. The van der Waals surface area contributed by atoms with Crippen molar-refractivity contribution in [2.45, 2.75) is 45.6 Å². The van der Waals surface area contributed by atoms with E-state index in [1.807, 2.05) is 26.0 Å². The van der Waals surface area contributed by atoms with E-state index >= 15 is 0 Å². The lowest BCUT2D eigenvalue weighted by Gasteiger charge is -2.30. The van der Waals surface area contributed by atoms with Crippen molar-refractivity contribution < 1.29 is 14.6 Å². The number of aliphatic hydroxyl groups excluding tert-OH is 1. The van der Waals surface area contributed by atoms with Crippen LogP contribution < -0.4 is 10.1 Å². The van der Waals surface area contributed by atoms with Crippen LogP contribution in [0.25, 0.3) is 0 Å². The quantitative estimate of drug-likeness (QED) is 0.847. The number of benzene rings is 1. The molecule has 21 heavy (non-hydrogen) atoms. The minimum atomic E-state index is -0.202. The van der Waals surface area contributed by atoms with E-state index in [2.05, 4.69) is 5.32 Å². The minimum Gasteiger partial charge on any atom is -0.494 e. The van der Waals surface area contributed by atoms with Gasteiger partial charge in [0, 0.05) is 17.0 Å². The van der Waals surface area contributed by atoms with Crippen molar-refractivity contribution in [1.29, 1.82) is 0 Å². The SMILES string of the molecule is CCCOc1cccc(C(=O)NC2CCCC2(C)CO)c1. The van der Waals surface area contributed by atoms with E-state index in [9.17, 15) is 9.90 Å². The second kappa shape index (κ2) is 6.94. The second-order valence-corrected chi connectivity index (χ2v) is 6.11. The standard InChI is InChI=1S/C17H25NO3/c1-3-10-21-14-7-4-6-13(11-14)16(20)18-15-8-5-9-17(15,2)12-19/h4,6-7,11,15,19H,3,5,8-10,12H2,1-2H3,(H,18,20). The van der Waals surface area contributed by atoms with Crippen LogP contribution in [0.4, 0.5) is 0 Å². The molecule has 4 heteroatoms. The molecule has 116 valence electrons. The first kappa shape index (κ1) is 15.8. The molecule has 1 aliphatic rings. The molecule has 1 fully saturated rings. The van der Waals surface area contributed by atoms with Crippen molar-refractivity contribution in [3.05, 3.63) is 29.8 Å². The van der Waals surface area contributed by atoms with E-state index in [4.69, 9.17) is 4.74 Å². The molecule has 2 unspecified atom stereocenters. The van der Waals surface area contributed by atoms with Crippen LogP contribution in [-0.4, -0.2) is 30.3 Å². The average Bonchev–Trinajstić information content (AvgIpc) is 2.87. The van der Waals surface area contributed by atoms with Gasteiger partial charge < -0.3 is 15.2 Å². The van der Waals surface area contributed by atoms with Crippen molar-refractivity contribution >= 4 is 5.91 Å². The molecule has 2 rings (SSSR count). The van der Waals surface area contributed by atoms with E-state index in [-0.39, 0.29) is 24.0 Å². The summed E-state index contributed by atoms with van der Waals surface area (Å²) < 4.78 is 5.56. The number of ether oxygens (including phenoxy) is 1. The van der Waals surface area contributed by atoms with Gasteiger partial charge in [-0.05, 0) is 37.5 Å². The van der Waals surface area contributed by atoms with Crippen molar-refractivity contribution in [3.63, 3.8) is 0 Å². The van der Waals surface area contributed by atoms with Crippen LogP contribution in [0.2, 0.25) is 0 Å². The molecule has 0 aromatic heterocycles. The monoisotopic (exact) mass is 291 g/mol. The first-order chi connectivity index (χ1) is 10.1. The van der Waals surface area contributed by atoms with Gasteiger partial charge in [-0.15, -0.1) is 0 Å². The topological polar surface area (TPSA) is 58.6 Å². The fourth-order valence-electron chi connectivity index (χ4n) is 2.86. The first-order valence-corrected chi connectivity index (χ1v) is 7.73. The molecule has 2 atom stereocenters. The normalized spacial score (nSPS) is 24.8. The van der Waals surface area contributed by atoms with Crippen LogP contribution in [0.15, 0.2) is 24.3 Å². The Kier molecular flexibility index (Phi) is 5.23.